The zero-order chi connectivity index (χ0) is 21.5. The van der Waals surface area contributed by atoms with Crippen molar-refractivity contribution < 1.29 is 4.79 Å². The highest BCUT2D eigenvalue weighted by molar-refractivity contribution is 7.98. The summed E-state index contributed by atoms with van der Waals surface area (Å²) >= 11 is 7.82. The maximum Gasteiger partial charge on any atom is 0.251 e. The van der Waals surface area contributed by atoms with Crippen molar-refractivity contribution in [3.8, 4) is 0 Å². The lowest BCUT2D eigenvalue weighted by molar-refractivity contribution is 0.0949. The van der Waals surface area contributed by atoms with Gasteiger partial charge < -0.3 is 15.1 Å². The number of anilines is 1. The van der Waals surface area contributed by atoms with E-state index in [1.807, 2.05) is 30.3 Å². The van der Waals surface area contributed by atoms with Gasteiger partial charge in [-0.3, -0.25) is 4.79 Å². The molecule has 0 saturated carbocycles. The smallest absolute Gasteiger partial charge is 0.251 e. The van der Waals surface area contributed by atoms with E-state index in [0.717, 1.165) is 49.9 Å². The van der Waals surface area contributed by atoms with Crippen LogP contribution in [0.2, 0.25) is 5.15 Å². The Balaban J connectivity index is 1.58. The summed E-state index contributed by atoms with van der Waals surface area (Å²) in [5.74, 6) is 2.01. The molecule has 1 saturated heterocycles. The molecule has 0 aliphatic carbocycles. The van der Waals surface area contributed by atoms with Gasteiger partial charge in [0, 0.05) is 50.1 Å². The summed E-state index contributed by atoms with van der Waals surface area (Å²) in [7, 11) is 0. The number of amides is 1. The van der Waals surface area contributed by atoms with Crippen LogP contribution in [0.1, 0.15) is 36.7 Å². The van der Waals surface area contributed by atoms with Crippen LogP contribution < -0.4 is 10.2 Å². The highest BCUT2D eigenvalue weighted by Gasteiger charge is 2.18. The molecule has 1 fully saturated rings. The van der Waals surface area contributed by atoms with E-state index in [1.54, 1.807) is 11.8 Å². The Morgan fingerprint density at radius 1 is 1.17 bits per heavy atom. The minimum absolute atomic E-state index is 0.0334. The number of carbonyl (C=O) groups excluding carboxylic acids is 1. The molecule has 2 heterocycles. The SMILES string of the molecule is CCN1CCN(c2cc(Cl)nc(SCc3ccc(C(=O)NCC(C)C)cc3)n2)CC1. The number of hydrogen-bond acceptors (Lipinski definition) is 6. The molecule has 6 nitrogen and oxygen atoms in total. The monoisotopic (exact) mass is 447 g/mol. The Labute approximate surface area is 188 Å². The molecule has 162 valence electrons. The summed E-state index contributed by atoms with van der Waals surface area (Å²) in [5, 5.41) is 4.08. The van der Waals surface area contributed by atoms with Crippen molar-refractivity contribution in [2.45, 2.75) is 31.7 Å². The first kappa shape index (κ1) is 22.8. The fourth-order valence-corrected chi connectivity index (χ4v) is 4.24. The van der Waals surface area contributed by atoms with Crippen LogP contribution in [0.4, 0.5) is 5.82 Å². The van der Waals surface area contributed by atoms with Crippen molar-refractivity contribution in [2.75, 3.05) is 44.2 Å². The van der Waals surface area contributed by atoms with Gasteiger partial charge in [0.25, 0.3) is 5.91 Å². The number of rotatable bonds is 8. The van der Waals surface area contributed by atoms with Gasteiger partial charge in [0.15, 0.2) is 5.16 Å². The molecule has 1 N–H and O–H groups in total. The molecule has 8 heteroatoms. The third-order valence-electron chi connectivity index (χ3n) is 5.06. The Morgan fingerprint density at radius 3 is 2.50 bits per heavy atom. The van der Waals surface area contributed by atoms with Gasteiger partial charge in [0.2, 0.25) is 0 Å². The molecule has 2 aromatic rings. The Kier molecular flexibility index (Phi) is 8.36. The highest BCUT2D eigenvalue weighted by atomic mass is 35.5. The number of nitrogens with zero attached hydrogens (tertiary/aromatic N) is 4. The fraction of sp³-hybridized carbons (Fsp3) is 0.500. The molecule has 0 atom stereocenters. The van der Waals surface area contributed by atoms with Crippen molar-refractivity contribution in [1.29, 1.82) is 0 Å². The summed E-state index contributed by atoms with van der Waals surface area (Å²) in [6.07, 6.45) is 0. The van der Waals surface area contributed by atoms with Gasteiger partial charge in [-0.2, -0.15) is 0 Å². The first-order chi connectivity index (χ1) is 14.4. The summed E-state index contributed by atoms with van der Waals surface area (Å²) < 4.78 is 0. The van der Waals surface area contributed by atoms with Gasteiger partial charge in [-0.25, -0.2) is 9.97 Å². The second kappa shape index (κ2) is 11.0. The lowest BCUT2D eigenvalue weighted by atomic mass is 10.1. The first-order valence-corrected chi connectivity index (χ1v) is 11.8. The summed E-state index contributed by atoms with van der Waals surface area (Å²) in [6.45, 7) is 12.1. The van der Waals surface area contributed by atoms with Gasteiger partial charge in [-0.15, -0.1) is 0 Å². The Bertz CT molecular complexity index is 838. The van der Waals surface area contributed by atoms with Crippen molar-refractivity contribution in [2.24, 2.45) is 5.92 Å². The predicted octanol–water partition coefficient (Wildman–Crippen LogP) is 3.95. The summed E-state index contributed by atoms with van der Waals surface area (Å²) in [5.41, 5.74) is 1.79. The molecule has 1 amide bonds. The van der Waals surface area contributed by atoms with E-state index >= 15 is 0 Å². The lowest BCUT2D eigenvalue weighted by Gasteiger charge is -2.34. The van der Waals surface area contributed by atoms with Crippen LogP contribution in [0, 0.1) is 5.92 Å². The number of benzene rings is 1. The van der Waals surface area contributed by atoms with Crippen LogP contribution in [0.5, 0.6) is 0 Å². The van der Waals surface area contributed by atoms with E-state index in [-0.39, 0.29) is 5.91 Å². The van der Waals surface area contributed by atoms with E-state index in [4.69, 9.17) is 16.6 Å². The second-order valence-electron chi connectivity index (χ2n) is 7.84. The number of nitrogens with one attached hydrogen (secondary N) is 1. The topological polar surface area (TPSA) is 61.4 Å². The Morgan fingerprint density at radius 2 is 1.87 bits per heavy atom. The van der Waals surface area contributed by atoms with Crippen molar-refractivity contribution in [3.05, 3.63) is 46.6 Å². The number of halogens is 1. The van der Waals surface area contributed by atoms with Gasteiger partial charge in [0.05, 0.1) is 0 Å². The van der Waals surface area contributed by atoms with Crippen LogP contribution in [0.3, 0.4) is 0 Å². The molecular formula is C22H30ClN5OS. The van der Waals surface area contributed by atoms with E-state index < -0.39 is 0 Å². The number of aromatic nitrogens is 2. The van der Waals surface area contributed by atoms with Crippen LogP contribution in [-0.2, 0) is 5.75 Å². The first-order valence-electron chi connectivity index (χ1n) is 10.5. The largest absolute Gasteiger partial charge is 0.354 e. The molecule has 1 aliphatic heterocycles. The lowest BCUT2D eigenvalue weighted by Crippen LogP contribution is -2.46. The maximum absolute atomic E-state index is 12.1. The standard InChI is InChI=1S/C22H30ClN5OS/c1-4-27-9-11-28(12-10-27)20-13-19(23)25-22(26-20)30-15-17-5-7-18(8-6-17)21(29)24-14-16(2)3/h5-8,13,16H,4,9-12,14-15H2,1-3H3,(H,24,29). The minimum Gasteiger partial charge on any atom is -0.354 e. The van der Waals surface area contributed by atoms with E-state index in [1.165, 1.54) is 0 Å². The van der Waals surface area contributed by atoms with Gasteiger partial charge in [0.1, 0.15) is 11.0 Å². The van der Waals surface area contributed by atoms with E-state index in [2.05, 4.69) is 40.9 Å². The average Bonchev–Trinajstić information content (AvgIpc) is 2.76. The van der Waals surface area contributed by atoms with E-state index in [9.17, 15) is 4.79 Å². The second-order valence-corrected chi connectivity index (χ2v) is 9.17. The number of thioether (sulfide) groups is 1. The molecule has 1 aliphatic rings. The van der Waals surface area contributed by atoms with Gasteiger partial charge in [-0.1, -0.05) is 56.3 Å². The van der Waals surface area contributed by atoms with Crippen molar-refractivity contribution >= 4 is 35.1 Å². The molecule has 1 aromatic heterocycles. The number of likely N-dealkylation sites (N-methyl/N-ethyl adjacent to an activating group) is 1. The summed E-state index contributed by atoms with van der Waals surface area (Å²) in [6, 6.07) is 9.53. The van der Waals surface area contributed by atoms with Gasteiger partial charge in [-0.05, 0) is 30.2 Å². The number of piperazine rings is 1. The van der Waals surface area contributed by atoms with E-state index in [0.29, 0.717) is 28.3 Å². The van der Waals surface area contributed by atoms with Crippen LogP contribution in [0.15, 0.2) is 35.5 Å². The zero-order valence-corrected chi connectivity index (χ0v) is 19.5. The molecule has 1 aromatic carbocycles. The number of hydrogen-bond donors (Lipinski definition) is 1. The molecule has 30 heavy (non-hydrogen) atoms. The molecule has 0 bridgehead atoms. The maximum atomic E-state index is 12.1. The quantitative estimate of drug-likeness (QED) is 0.375. The molecule has 0 radical (unpaired) electrons. The third-order valence-corrected chi connectivity index (χ3v) is 6.17. The van der Waals surface area contributed by atoms with Crippen molar-refractivity contribution in [1.82, 2.24) is 20.2 Å². The van der Waals surface area contributed by atoms with Crippen LogP contribution in [-0.4, -0.2) is 60.0 Å². The average molecular weight is 448 g/mol. The Hall–Kier alpha value is -1.83. The summed E-state index contributed by atoms with van der Waals surface area (Å²) in [4.78, 5) is 25.9. The zero-order valence-electron chi connectivity index (χ0n) is 17.9. The molecule has 0 spiro atoms. The normalized spacial score (nSPS) is 14.9. The fourth-order valence-electron chi connectivity index (χ4n) is 3.20. The third kappa shape index (κ3) is 6.59. The van der Waals surface area contributed by atoms with Crippen LogP contribution in [0.25, 0.3) is 0 Å². The van der Waals surface area contributed by atoms with Crippen LogP contribution >= 0.6 is 23.4 Å². The highest BCUT2D eigenvalue weighted by Crippen LogP contribution is 2.25. The molecular weight excluding hydrogens is 418 g/mol. The predicted molar refractivity (Wildman–Crippen MR) is 125 cm³/mol. The number of carbonyl (C=O) groups is 1. The molecule has 0 unspecified atom stereocenters. The molecule has 3 rings (SSSR count). The van der Waals surface area contributed by atoms with Crippen molar-refractivity contribution in [3.63, 3.8) is 0 Å². The van der Waals surface area contributed by atoms with Gasteiger partial charge >= 0.3 is 0 Å². The minimum atomic E-state index is -0.0334.